The van der Waals surface area contributed by atoms with Gasteiger partial charge in [-0.3, -0.25) is 9.59 Å². The fourth-order valence-corrected chi connectivity index (χ4v) is 2.57. The van der Waals surface area contributed by atoms with Gasteiger partial charge in [0.05, 0.1) is 12.4 Å². The van der Waals surface area contributed by atoms with Gasteiger partial charge >= 0.3 is 5.97 Å². The molecule has 0 radical (unpaired) electrons. The lowest BCUT2D eigenvalue weighted by molar-refractivity contribution is -0.142. The molecule has 0 aliphatic rings. The summed E-state index contributed by atoms with van der Waals surface area (Å²) in [6, 6.07) is 15.5. The van der Waals surface area contributed by atoms with Gasteiger partial charge in [0.2, 0.25) is 5.91 Å². The fraction of sp³-hybridized carbons (Fsp3) is 0.174. The average Bonchev–Trinajstić information content (AvgIpc) is 2.79. The Morgan fingerprint density at radius 1 is 1.10 bits per heavy atom. The van der Waals surface area contributed by atoms with Crippen LogP contribution >= 0.6 is 15.9 Å². The predicted octanol–water partition coefficient (Wildman–Crippen LogP) is 2.53. The largest absolute Gasteiger partial charge is 0.467 e. The van der Waals surface area contributed by atoms with Crippen molar-refractivity contribution in [3.05, 3.63) is 77.4 Å². The summed E-state index contributed by atoms with van der Waals surface area (Å²) in [4.78, 5) is 35.7. The first-order valence-corrected chi connectivity index (χ1v) is 10.2. The number of halogens is 1. The topological polar surface area (TPSA) is 84.5 Å². The molecule has 0 saturated heterocycles. The van der Waals surface area contributed by atoms with E-state index in [4.69, 9.17) is 0 Å². The molecule has 2 aromatic carbocycles. The van der Waals surface area contributed by atoms with E-state index in [1.165, 1.54) is 7.11 Å². The molecular formula is C23H21BrN2O4. The number of benzene rings is 2. The second-order valence-electron chi connectivity index (χ2n) is 6.08. The van der Waals surface area contributed by atoms with Gasteiger partial charge in [-0.05, 0) is 42.0 Å². The number of esters is 1. The highest BCUT2D eigenvalue weighted by Gasteiger charge is 2.22. The highest BCUT2D eigenvalue weighted by Crippen LogP contribution is 2.05. The van der Waals surface area contributed by atoms with Gasteiger partial charge in [-0.1, -0.05) is 58.1 Å². The number of carbonyl (C=O) groups is 3. The Labute approximate surface area is 183 Å². The van der Waals surface area contributed by atoms with Crippen LogP contribution in [0.3, 0.4) is 0 Å². The van der Waals surface area contributed by atoms with Crippen molar-refractivity contribution in [3.8, 4) is 11.8 Å². The molecule has 2 aromatic rings. The van der Waals surface area contributed by atoms with Gasteiger partial charge in [0.1, 0.15) is 6.04 Å². The molecule has 0 bridgehead atoms. The molecule has 1 unspecified atom stereocenters. The highest BCUT2D eigenvalue weighted by molar-refractivity contribution is 9.09. The van der Waals surface area contributed by atoms with Crippen molar-refractivity contribution < 1.29 is 19.1 Å². The van der Waals surface area contributed by atoms with Crippen molar-refractivity contribution in [3.63, 3.8) is 0 Å². The summed E-state index contributed by atoms with van der Waals surface area (Å²) in [5.74, 6) is 4.54. The van der Waals surface area contributed by atoms with Crippen LogP contribution < -0.4 is 10.6 Å². The molecule has 1 atom stereocenters. The monoisotopic (exact) mass is 468 g/mol. The van der Waals surface area contributed by atoms with Crippen LogP contribution in [0.4, 0.5) is 0 Å². The number of allylic oxidation sites excluding steroid dienone is 1. The van der Waals surface area contributed by atoms with Gasteiger partial charge in [-0.25, -0.2) is 4.79 Å². The third kappa shape index (κ3) is 7.57. The number of amides is 2. The Hall–Kier alpha value is -3.37. The molecule has 6 nitrogen and oxygen atoms in total. The smallest absolute Gasteiger partial charge is 0.330 e. The SMILES string of the molecule is COC(=O)C(CNC(=O)CBr)NC(=O)c1ccc(C#CC=Cc2ccccc2)cc1. The quantitative estimate of drug-likeness (QED) is 0.371. The third-order valence-electron chi connectivity index (χ3n) is 3.94. The zero-order valence-corrected chi connectivity index (χ0v) is 17.9. The molecular weight excluding hydrogens is 448 g/mol. The number of nitrogens with one attached hydrogen (secondary N) is 2. The van der Waals surface area contributed by atoms with E-state index in [0.717, 1.165) is 11.1 Å². The standard InChI is InChI=1S/C23H21BrN2O4/c1-30-23(29)20(16-25-21(27)15-24)26-22(28)19-13-11-18(12-14-19)10-6-5-9-17-7-3-2-4-8-17/h2-5,7-9,11-14,20H,15-16H2,1H3,(H,25,27)(H,26,28). The minimum Gasteiger partial charge on any atom is -0.467 e. The molecule has 0 aromatic heterocycles. The van der Waals surface area contributed by atoms with E-state index >= 15 is 0 Å². The normalized spacial score (nSPS) is 11.1. The van der Waals surface area contributed by atoms with Crippen molar-refractivity contribution in [2.75, 3.05) is 19.0 Å². The van der Waals surface area contributed by atoms with E-state index < -0.39 is 17.9 Å². The lowest BCUT2D eigenvalue weighted by Gasteiger charge is -2.17. The molecule has 154 valence electrons. The molecule has 0 aliphatic carbocycles. The molecule has 0 heterocycles. The number of rotatable bonds is 7. The Bertz CT molecular complexity index is 960. The lowest BCUT2D eigenvalue weighted by Crippen LogP contribution is -2.49. The maximum Gasteiger partial charge on any atom is 0.330 e. The maximum absolute atomic E-state index is 12.4. The lowest BCUT2D eigenvalue weighted by atomic mass is 10.1. The predicted molar refractivity (Wildman–Crippen MR) is 119 cm³/mol. The van der Waals surface area contributed by atoms with Gasteiger partial charge in [-0.15, -0.1) is 0 Å². The minimum atomic E-state index is -0.993. The summed E-state index contributed by atoms with van der Waals surface area (Å²) < 4.78 is 4.68. The second-order valence-corrected chi connectivity index (χ2v) is 6.64. The van der Waals surface area contributed by atoms with Crippen LogP contribution in [0.1, 0.15) is 21.5 Å². The first-order chi connectivity index (χ1) is 14.5. The van der Waals surface area contributed by atoms with Gasteiger partial charge in [0, 0.05) is 17.7 Å². The Kier molecular flexibility index (Phi) is 9.35. The van der Waals surface area contributed by atoms with Crippen LogP contribution in [0.2, 0.25) is 0 Å². The van der Waals surface area contributed by atoms with E-state index in [2.05, 4.69) is 43.1 Å². The molecule has 0 aliphatic heterocycles. The van der Waals surface area contributed by atoms with Crippen LogP contribution in [0.15, 0.2) is 60.7 Å². The molecule has 2 amide bonds. The minimum absolute atomic E-state index is 0.0693. The van der Waals surface area contributed by atoms with E-state index in [-0.39, 0.29) is 17.8 Å². The maximum atomic E-state index is 12.4. The number of alkyl halides is 1. The summed E-state index contributed by atoms with van der Waals surface area (Å²) in [6.07, 6.45) is 3.67. The molecule has 2 N–H and O–H groups in total. The second kappa shape index (κ2) is 12.2. The number of carbonyl (C=O) groups excluding carboxylic acids is 3. The Morgan fingerprint density at radius 2 is 1.80 bits per heavy atom. The summed E-state index contributed by atoms with van der Waals surface area (Å²) in [7, 11) is 1.22. The number of hydrogen-bond donors (Lipinski definition) is 2. The molecule has 0 saturated carbocycles. The van der Waals surface area contributed by atoms with Crippen LogP contribution in [-0.4, -0.2) is 42.8 Å². The van der Waals surface area contributed by atoms with Gasteiger partial charge in [0.25, 0.3) is 5.91 Å². The van der Waals surface area contributed by atoms with E-state index in [1.807, 2.05) is 36.4 Å². The van der Waals surface area contributed by atoms with Gasteiger partial charge < -0.3 is 15.4 Å². The Balaban J connectivity index is 1.98. The summed E-state index contributed by atoms with van der Waals surface area (Å²) >= 11 is 3.02. The van der Waals surface area contributed by atoms with Crippen LogP contribution in [0, 0.1) is 11.8 Å². The number of hydrogen-bond acceptors (Lipinski definition) is 4. The van der Waals surface area contributed by atoms with Crippen LogP contribution in [-0.2, 0) is 14.3 Å². The molecule has 0 fully saturated rings. The summed E-state index contributed by atoms with van der Waals surface area (Å²) in [6.45, 7) is -0.0693. The third-order valence-corrected chi connectivity index (χ3v) is 4.45. The first kappa shape index (κ1) is 22.9. The molecule has 2 rings (SSSR count). The summed E-state index contributed by atoms with van der Waals surface area (Å²) in [5.41, 5.74) is 2.17. The zero-order chi connectivity index (χ0) is 21.8. The first-order valence-electron chi connectivity index (χ1n) is 9.08. The average molecular weight is 469 g/mol. The number of methoxy groups -OCH3 is 1. The number of ether oxygens (including phenoxy) is 1. The molecule has 30 heavy (non-hydrogen) atoms. The molecule has 0 spiro atoms. The highest BCUT2D eigenvalue weighted by atomic mass is 79.9. The molecule has 7 heteroatoms. The van der Waals surface area contributed by atoms with E-state index in [9.17, 15) is 14.4 Å². The van der Waals surface area contributed by atoms with E-state index in [0.29, 0.717) is 5.56 Å². The van der Waals surface area contributed by atoms with Crippen molar-refractivity contribution in [1.29, 1.82) is 0 Å². The van der Waals surface area contributed by atoms with Crippen molar-refractivity contribution in [2.45, 2.75) is 6.04 Å². The van der Waals surface area contributed by atoms with Gasteiger partial charge in [0.15, 0.2) is 0 Å². The van der Waals surface area contributed by atoms with Crippen molar-refractivity contribution in [2.24, 2.45) is 0 Å². The van der Waals surface area contributed by atoms with Gasteiger partial charge in [-0.2, -0.15) is 0 Å². The van der Waals surface area contributed by atoms with Crippen LogP contribution in [0.5, 0.6) is 0 Å². The zero-order valence-electron chi connectivity index (χ0n) is 16.4. The Morgan fingerprint density at radius 3 is 2.43 bits per heavy atom. The van der Waals surface area contributed by atoms with Crippen molar-refractivity contribution >= 4 is 39.8 Å². The van der Waals surface area contributed by atoms with E-state index in [1.54, 1.807) is 30.3 Å². The fourth-order valence-electron chi connectivity index (χ4n) is 2.37. The van der Waals surface area contributed by atoms with Crippen LogP contribution in [0.25, 0.3) is 6.08 Å². The van der Waals surface area contributed by atoms with Crippen molar-refractivity contribution in [1.82, 2.24) is 10.6 Å². The summed E-state index contributed by atoms with van der Waals surface area (Å²) in [5, 5.41) is 5.19.